The van der Waals surface area contributed by atoms with E-state index in [9.17, 15) is 9.59 Å². The van der Waals surface area contributed by atoms with E-state index in [4.69, 9.17) is 10.2 Å². The van der Waals surface area contributed by atoms with Crippen molar-refractivity contribution in [2.24, 2.45) is 10.8 Å². The predicted octanol–water partition coefficient (Wildman–Crippen LogP) is 5.88. The number of allylic oxidation sites excluding steroid dienone is 4. The van der Waals surface area contributed by atoms with Crippen LogP contribution in [0, 0.1) is 10.8 Å². The molecule has 0 fully saturated rings. The van der Waals surface area contributed by atoms with Crippen molar-refractivity contribution >= 4 is 11.9 Å². The van der Waals surface area contributed by atoms with Gasteiger partial charge in [-0.05, 0) is 31.6 Å². The summed E-state index contributed by atoms with van der Waals surface area (Å²) < 4.78 is 0. The molecule has 4 heteroatoms. The van der Waals surface area contributed by atoms with Crippen molar-refractivity contribution in [1.82, 2.24) is 0 Å². The van der Waals surface area contributed by atoms with Crippen molar-refractivity contribution in [3.63, 3.8) is 0 Å². The second-order valence-corrected chi connectivity index (χ2v) is 8.05. The summed E-state index contributed by atoms with van der Waals surface area (Å²) in [6.45, 7) is 24.0. The Kier molecular flexibility index (Phi) is 13.6. The van der Waals surface area contributed by atoms with Crippen LogP contribution in [0.5, 0.6) is 0 Å². The van der Waals surface area contributed by atoms with Gasteiger partial charge in [0.05, 0.1) is 0 Å². The van der Waals surface area contributed by atoms with Crippen molar-refractivity contribution < 1.29 is 19.8 Å². The van der Waals surface area contributed by atoms with Crippen molar-refractivity contribution in [3.05, 3.63) is 48.1 Å². The van der Waals surface area contributed by atoms with Crippen LogP contribution in [-0.2, 0) is 9.59 Å². The Morgan fingerprint density at radius 3 is 1.00 bits per heavy atom. The predicted molar refractivity (Wildman–Crippen MR) is 107 cm³/mol. The summed E-state index contributed by atoms with van der Waals surface area (Å²) in [5.41, 5.74) is 1.76. The molecule has 0 rings (SSSR count). The van der Waals surface area contributed by atoms with Crippen LogP contribution in [0.4, 0.5) is 0 Å². The van der Waals surface area contributed by atoms with E-state index in [2.05, 4.69) is 13.2 Å². The fourth-order valence-electron chi connectivity index (χ4n) is 1.42. The summed E-state index contributed by atoms with van der Waals surface area (Å²) in [5, 5.41) is 17.0. The van der Waals surface area contributed by atoms with Crippen LogP contribution < -0.4 is 0 Å². The third-order valence-corrected chi connectivity index (χ3v) is 2.32. The van der Waals surface area contributed by atoms with Crippen molar-refractivity contribution in [2.75, 3.05) is 0 Å². The molecule has 0 heterocycles. The summed E-state index contributed by atoms with van der Waals surface area (Å²) in [6, 6.07) is 0. The number of rotatable bonds is 3. The average molecular weight is 353 g/mol. The van der Waals surface area contributed by atoms with Gasteiger partial charge in [-0.1, -0.05) is 78.5 Å². The minimum absolute atomic E-state index is 0.0392. The van der Waals surface area contributed by atoms with Gasteiger partial charge < -0.3 is 10.2 Å². The number of hydrogen-bond donors (Lipinski definition) is 2. The number of carboxylic acid groups (broad SMARTS) is 2. The number of aliphatic carboxylic acids is 2. The van der Waals surface area contributed by atoms with Crippen LogP contribution in [0.25, 0.3) is 0 Å². The largest absolute Gasteiger partial charge is 0.478 e. The maximum Gasteiger partial charge on any atom is 0.330 e. The third kappa shape index (κ3) is 27.1. The van der Waals surface area contributed by atoms with E-state index in [1.807, 2.05) is 48.5 Å². The van der Waals surface area contributed by atoms with Gasteiger partial charge in [-0.2, -0.15) is 0 Å². The van der Waals surface area contributed by atoms with E-state index in [0.29, 0.717) is 11.1 Å². The average Bonchev–Trinajstić information content (AvgIpc) is 2.35. The van der Waals surface area contributed by atoms with Crippen molar-refractivity contribution in [3.8, 4) is 0 Å². The lowest BCUT2D eigenvalue weighted by Crippen LogP contribution is -2.05. The lowest BCUT2D eigenvalue weighted by atomic mass is 9.94. The van der Waals surface area contributed by atoms with Crippen LogP contribution >= 0.6 is 0 Å². The molecule has 2 N–H and O–H groups in total. The molecule has 4 nitrogen and oxygen atoms in total. The molecule has 0 bridgehead atoms. The van der Waals surface area contributed by atoms with Crippen LogP contribution in [-0.4, -0.2) is 22.2 Å². The Hall–Kier alpha value is -2.10. The van der Waals surface area contributed by atoms with Gasteiger partial charge in [0.15, 0.2) is 0 Å². The maximum absolute atomic E-state index is 10.3. The molecule has 0 saturated heterocycles. The van der Waals surface area contributed by atoms with Gasteiger partial charge in [0.2, 0.25) is 0 Å². The van der Waals surface area contributed by atoms with Gasteiger partial charge in [-0.3, -0.25) is 0 Å². The Labute approximate surface area is 153 Å². The fraction of sp³-hybridized carbons (Fsp3) is 0.524. The summed E-state index contributed by atoms with van der Waals surface area (Å²) >= 11 is 0. The lowest BCUT2D eigenvalue weighted by molar-refractivity contribution is -0.133. The molecule has 0 unspecified atom stereocenters. The molecule has 0 aromatic carbocycles. The van der Waals surface area contributed by atoms with Gasteiger partial charge in [-0.25, -0.2) is 9.59 Å². The highest BCUT2D eigenvalue weighted by atomic mass is 16.4. The highest BCUT2D eigenvalue weighted by Gasteiger charge is 2.09. The van der Waals surface area contributed by atoms with Gasteiger partial charge in [0.1, 0.15) is 0 Å². The number of carbonyl (C=O) groups is 2. The topological polar surface area (TPSA) is 74.6 Å². The third-order valence-electron chi connectivity index (χ3n) is 2.32. The molecule has 0 saturated carbocycles. The summed E-state index contributed by atoms with van der Waals surface area (Å²) in [5.74, 6) is -1.68. The monoisotopic (exact) mass is 352 g/mol. The molecule has 0 aliphatic heterocycles. The van der Waals surface area contributed by atoms with Crippen molar-refractivity contribution in [2.45, 2.75) is 62.3 Å². The van der Waals surface area contributed by atoms with Gasteiger partial charge >= 0.3 is 11.9 Å². The molecule has 0 aromatic heterocycles. The summed E-state index contributed by atoms with van der Waals surface area (Å²) in [6.07, 6.45) is 5.21. The van der Waals surface area contributed by atoms with Crippen molar-refractivity contribution in [1.29, 1.82) is 0 Å². The Morgan fingerprint density at radius 2 is 0.960 bits per heavy atom. The minimum atomic E-state index is -0.838. The van der Waals surface area contributed by atoms with Crippen LogP contribution in [0.3, 0.4) is 0 Å². The maximum atomic E-state index is 10.3. The van der Waals surface area contributed by atoms with Crippen LogP contribution in [0.15, 0.2) is 48.1 Å². The molecule has 0 aromatic rings. The van der Waals surface area contributed by atoms with Gasteiger partial charge in [-0.15, -0.1) is 0 Å². The first-order valence-electron chi connectivity index (χ1n) is 8.06. The quantitative estimate of drug-likeness (QED) is 0.491. The number of hydrogen-bond acceptors (Lipinski definition) is 2. The zero-order valence-corrected chi connectivity index (χ0v) is 17.4. The zero-order chi connectivity index (χ0) is 21.0. The van der Waals surface area contributed by atoms with E-state index in [-0.39, 0.29) is 10.8 Å². The van der Waals surface area contributed by atoms with E-state index >= 15 is 0 Å². The molecular weight excluding hydrogens is 316 g/mol. The molecule has 144 valence electrons. The summed E-state index contributed by atoms with van der Waals surface area (Å²) in [7, 11) is 0. The molecule has 0 atom stereocenters. The highest BCUT2D eigenvalue weighted by Crippen LogP contribution is 2.17. The molecule has 0 amide bonds. The zero-order valence-electron chi connectivity index (χ0n) is 17.4. The van der Waals surface area contributed by atoms with Gasteiger partial charge in [0, 0.05) is 11.1 Å². The first-order valence-corrected chi connectivity index (χ1v) is 8.06. The van der Waals surface area contributed by atoms with E-state index < -0.39 is 11.9 Å². The SMILES string of the molecule is C=CC(=C)C.CC(=CC(C)(C)C)C(=O)O.CC(=CC(C)(C)C)C(=O)O. The second-order valence-electron chi connectivity index (χ2n) is 8.05. The lowest BCUT2D eigenvalue weighted by Gasteiger charge is -2.12. The second kappa shape index (κ2) is 12.3. The smallest absolute Gasteiger partial charge is 0.330 e. The fourth-order valence-corrected chi connectivity index (χ4v) is 1.42. The Morgan fingerprint density at radius 1 is 0.760 bits per heavy atom. The minimum Gasteiger partial charge on any atom is -0.478 e. The molecule has 25 heavy (non-hydrogen) atoms. The standard InChI is InChI=1S/2C8H14O2.C5H8/c2*1-6(7(9)10)5-8(2,3)4;1-4-5(2)3/h2*5H,1-4H3,(H,9,10);4H,1-2H2,3H3. The van der Waals surface area contributed by atoms with Crippen LogP contribution in [0.1, 0.15) is 62.3 Å². The van der Waals surface area contributed by atoms with Crippen LogP contribution in [0.2, 0.25) is 0 Å². The Bertz CT molecular complexity index is 481. The first-order chi connectivity index (χ1) is 10.9. The molecule has 0 spiro atoms. The number of carboxylic acids is 2. The molecule has 0 aliphatic carbocycles. The first kappa shape index (κ1) is 27.7. The summed E-state index contributed by atoms with van der Waals surface area (Å²) in [4.78, 5) is 20.6. The normalized spacial score (nSPS) is 12.0. The van der Waals surface area contributed by atoms with E-state index in [1.54, 1.807) is 32.1 Å². The van der Waals surface area contributed by atoms with E-state index in [0.717, 1.165) is 5.57 Å². The Balaban J connectivity index is -0.000000308. The molecule has 0 radical (unpaired) electrons. The molecule has 0 aliphatic rings. The molecular formula is C21H36O4. The van der Waals surface area contributed by atoms with E-state index in [1.165, 1.54) is 0 Å². The highest BCUT2D eigenvalue weighted by molar-refractivity contribution is 5.86. The van der Waals surface area contributed by atoms with Gasteiger partial charge in [0.25, 0.3) is 0 Å².